The molecule has 12 rings (SSSR count). The standard InChI is InChI=1S/C57H38BrN5/c58-43-21-11-20-40(33-43)38-18-10-19-39(32-38)41-29-31-51-50(34-41)46-30-28-42(35-52(46)63(51)44-22-8-3-9-23-44)45-24-12-25-47-48-26-13-27-49(54(48)59-53(45)47)57-61-55(36-14-4-1-5-15-36)60-56(62-57)37-16-6-2-7-17-37/h1-31,33-35,39,59H,32H2. The maximum atomic E-state index is 5.10. The second-order valence-corrected chi connectivity index (χ2v) is 17.1. The van der Waals surface area contributed by atoms with Crippen molar-refractivity contribution in [2.45, 2.75) is 12.3 Å². The number of hydrogen-bond donors (Lipinski definition) is 1. The number of benzene rings is 8. The molecule has 0 saturated carbocycles. The third kappa shape index (κ3) is 6.58. The van der Waals surface area contributed by atoms with E-state index in [1.165, 1.54) is 38.5 Å². The minimum atomic E-state index is 0.277. The molecule has 6 heteroatoms. The minimum Gasteiger partial charge on any atom is -0.353 e. The smallest absolute Gasteiger partial charge is 0.166 e. The Morgan fingerprint density at radius 1 is 0.476 bits per heavy atom. The average Bonchev–Trinajstić information content (AvgIpc) is 3.90. The third-order valence-electron chi connectivity index (χ3n) is 12.4. The lowest BCUT2D eigenvalue weighted by Crippen LogP contribution is -2.01. The Hall–Kier alpha value is -7.67. The van der Waals surface area contributed by atoms with Gasteiger partial charge in [0.1, 0.15) is 0 Å². The van der Waals surface area contributed by atoms with Gasteiger partial charge in [0.2, 0.25) is 0 Å². The lowest BCUT2D eigenvalue weighted by molar-refractivity contribution is 0.869. The van der Waals surface area contributed by atoms with E-state index in [-0.39, 0.29) is 5.92 Å². The molecule has 5 nitrogen and oxygen atoms in total. The first kappa shape index (κ1) is 37.1. The molecule has 63 heavy (non-hydrogen) atoms. The largest absolute Gasteiger partial charge is 0.353 e. The third-order valence-corrected chi connectivity index (χ3v) is 12.9. The molecule has 1 aliphatic rings. The van der Waals surface area contributed by atoms with Gasteiger partial charge >= 0.3 is 0 Å². The van der Waals surface area contributed by atoms with Crippen molar-refractivity contribution >= 4 is 65.1 Å². The second-order valence-electron chi connectivity index (χ2n) is 16.2. The van der Waals surface area contributed by atoms with E-state index in [2.05, 4.69) is 171 Å². The molecule has 1 atom stereocenters. The molecule has 1 aliphatic carbocycles. The molecule has 0 fully saturated rings. The van der Waals surface area contributed by atoms with E-state index in [1.54, 1.807) is 0 Å². The molecule has 8 aromatic carbocycles. The van der Waals surface area contributed by atoms with Crippen LogP contribution in [-0.2, 0) is 0 Å². The number of halogens is 1. The van der Waals surface area contributed by atoms with Crippen LogP contribution in [0.15, 0.2) is 211 Å². The number of rotatable bonds is 7. The number of H-pyrrole nitrogens is 1. The highest BCUT2D eigenvalue weighted by Crippen LogP contribution is 2.42. The summed E-state index contributed by atoms with van der Waals surface area (Å²) < 4.78 is 3.52. The average molecular weight is 873 g/mol. The molecular formula is C57H38BrN5. The summed E-state index contributed by atoms with van der Waals surface area (Å²) in [6, 6.07) is 66.6. The fourth-order valence-corrected chi connectivity index (χ4v) is 9.81. The van der Waals surface area contributed by atoms with Crippen molar-refractivity contribution in [3.8, 4) is 51.0 Å². The first-order chi connectivity index (χ1) is 31.1. The van der Waals surface area contributed by atoms with E-state index >= 15 is 0 Å². The van der Waals surface area contributed by atoms with Crippen LogP contribution in [0.2, 0.25) is 0 Å². The van der Waals surface area contributed by atoms with Gasteiger partial charge in [-0.25, -0.2) is 15.0 Å². The lowest BCUT2D eigenvalue weighted by atomic mass is 9.85. The number of fused-ring (bicyclic) bond motifs is 6. The van der Waals surface area contributed by atoms with Crippen molar-refractivity contribution in [2.24, 2.45) is 0 Å². The molecule has 0 aliphatic heterocycles. The normalized spacial score (nSPS) is 13.9. The van der Waals surface area contributed by atoms with Gasteiger partial charge in [-0.3, -0.25) is 0 Å². The van der Waals surface area contributed by atoms with E-state index in [1.807, 2.05) is 60.7 Å². The molecule has 298 valence electrons. The van der Waals surface area contributed by atoms with Crippen LogP contribution in [0.4, 0.5) is 0 Å². The fraction of sp³-hybridized carbons (Fsp3) is 0.0351. The fourth-order valence-electron chi connectivity index (χ4n) is 9.41. The van der Waals surface area contributed by atoms with Crippen LogP contribution in [0.1, 0.15) is 23.5 Å². The number of nitrogens with zero attached hydrogens (tertiary/aromatic N) is 4. The van der Waals surface area contributed by atoms with Crippen LogP contribution in [0.5, 0.6) is 0 Å². The zero-order valence-electron chi connectivity index (χ0n) is 34.1. The van der Waals surface area contributed by atoms with E-state index in [0.717, 1.165) is 66.2 Å². The van der Waals surface area contributed by atoms with Gasteiger partial charge in [0, 0.05) is 59.9 Å². The van der Waals surface area contributed by atoms with Crippen molar-refractivity contribution in [3.05, 3.63) is 222 Å². The topological polar surface area (TPSA) is 59.4 Å². The number of nitrogens with one attached hydrogen (secondary N) is 1. The van der Waals surface area contributed by atoms with E-state index < -0.39 is 0 Å². The highest BCUT2D eigenvalue weighted by atomic mass is 79.9. The quantitative estimate of drug-likeness (QED) is 0.174. The summed E-state index contributed by atoms with van der Waals surface area (Å²) in [5.41, 5.74) is 14.6. The zero-order chi connectivity index (χ0) is 41.9. The summed E-state index contributed by atoms with van der Waals surface area (Å²) in [4.78, 5) is 19.0. The summed E-state index contributed by atoms with van der Waals surface area (Å²) in [5, 5.41) is 4.75. The second kappa shape index (κ2) is 15.4. The predicted octanol–water partition coefficient (Wildman–Crippen LogP) is 15.2. The van der Waals surface area contributed by atoms with Crippen molar-refractivity contribution < 1.29 is 0 Å². The Labute approximate surface area is 372 Å². The number of aromatic nitrogens is 5. The van der Waals surface area contributed by atoms with Crippen LogP contribution in [0.25, 0.3) is 100 Å². The predicted molar refractivity (Wildman–Crippen MR) is 264 cm³/mol. The SMILES string of the molecule is Brc1cccc(C2=CC=CC(c3ccc4c(c3)c3ccc(-c5cccc6c5[nH]c5c(-c7nc(-c8ccccc8)nc(-c8ccccc8)n7)cccc56)cc3n4-c3ccccc3)C2)c1. The lowest BCUT2D eigenvalue weighted by Gasteiger charge is -2.20. The Morgan fingerprint density at radius 2 is 1.11 bits per heavy atom. The van der Waals surface area contributed by atoms with Crippen molar-refractivity contribution in [2.75, 3.05) is 0 Å². The molecule has 0 bridgehead atoms. The maximum Gasteiger partial charge on any atom is 0.166 e. The highest BCUT2D eigenvalue weighted by molar-refractivity contribution is 9.10. The van der Waals surface area contributed by atoms with Crippen molar-refractivity contribution in [3.63, 3.8) is 0 Å². The van der Waals surface area contributed by atoms with Crippen LogP contribution in [0, 0.1) is 0 Å². The summed E-state index contributed by atoms with van der Waals surface area (Å²) in [5.74, 6) is 2.18. The monoisotopic (exact) mass is 871 g/mol. The molecule has 0 amide bonds. The molecule has 3 heterocycles. The summed E-state index contributed by atoms with van der Waals surface area (Å²) in [6.45, 7) is 0. The van der Waals surface area contributed by atoms with Gasteiger partial charge in [-0.15, -0.1) is 0 Å². The molecule has 11 aromatic rings. The van der Waals surface area contributed by atoms with E-state index in [9.17, 15) is 0 Å². The number of para-hydroxylation sites is 3. The summed E-state index contributed by atoms with van der Waals surface area (Å²) in [7, 11) is 0. The van der Waals surface area contributed by atoms with Gasteiger partial charge in [-0.05, 0) is 77.2 Å². The maximum absolute atomic E-state index is 5.10. The molecule has 0 saturated heterocycles. The first-order valence-corrected chi connectivity index (χ1v) is 22.1. The van der Waals surface area contributed by atoms with Crippen LogP contribution >= 0.6 is 15.9 Å². The molecule has 3 aromatic heterocycles. The molecule has 1 unspecified atom stereocenters. The van der Waals surface area contributed by atoms with Gasteiger partial charge in [0.25, 0.3) is 0 Å². The Morgan fingerprint density at radius 3 is 1.83 bits per heavy atom. The molecule has 0 radical (unpaired) electrons. The summed E-state index contributed by atoms with van der Waals surface area (Å²) >= 11 is 3.67. The highest BCUT2D eigenvalue weighted by Gasteiger charge is 2.21. The van der Waals surface area contributed by atoms with Crippen LogP contribution in [0.3, 0.4) is 0 Å². The van der Waals surface area contributed by atoms with Gasteiger partial charge in [0.15, 0.2) is 17.5 Å². The Balaban J connectivity index is 0.994. The molecule has 1 N–H and O–H groups in total. The van der Waals surface area contributed by atoms with Crippen molar-refractivity contribution in [1.29, 1.82) is 0 Å². The number of hydrogen-bond acceptors (Lipinski definition) is 3. The van der Waals surface area contributed by atoms with Gasteiger partial charge in [-0.2, -0.15) is 0 Å². The summed E-state index contributed by atoms with van der Waals surface area (Å²) in [6.07, 6.45) is 7.76. The molecular weight excluding hydrogens is 835 g/mol. The Kier molecular flexibility index (Phi) is 9.04. The van der Waals surface area contributed by atoms with E-state index in [0.29, 0.717) is 17.5 Å². The number of aromatic amines is 1. The molecule has 0 spiro atoms. The first-order valence-electron chi connectivity index (χ1n) is 21.3. The van der Waals surface area contributed by atoms with Crippen molar-refractivity contribution in [1.82, 2.24) is 24.5 Å². The van der Waals surface area contributed by atoms with Gasteiger partial charge < -0.3 is 9.55 Å². The van der Waals surface area contributed by atoms with Crippen LogP contribution < -0.4 is 0 Å². The zero-order valence-corrected chi connectivity index (χ0v) is 35.7. The minimum absolute atomic E-state index is 0.277. The van der Waals surface area contributed by atoms with Crippen LogP contribution in [-0.4, -0.2) is 24.5 Å². The van der Waals surface area contributed by atoms with Gasteiger partial charge in [-0.1, -0.05) is 174 Å². The Bertz CT molecular complexity index is 3550. The number of allylic oxidation sites excluding steroid dienone is 4. The van der Waals surface area contributed by atoms with E-state index in [4.69, 9.17) is 15.0 Å². The van der Waals surface area contributed by atoms with Gasteiger partial charge in [0.05, 0.1) is 22.1 Å².